The second kappa shape index (κ2) is 7.94. The van der Waals surface area contributed by atoms with E-state index < -0.39 is 0 Å². The van der Waals surface area contributed by atoms with Crippen molar-refractivity contribution in [3.05, 3.63) is 64.9 Å². The second-order valence-corrected chi connectivity index (χ2v) is 6.24. The predicted molar refractivity (Wildman–Crippen MR) is 99.0 cm³/mol. The second-order valence-electron chi connectivity index (χ2n) is 5.38. The number of anilines is 1. The molecule has 3 rings (SSSR count). The number of halogens is 1. The van der Waals surface area contributed by atoms with Crippen LogP contribution < -0.4 is 10.1 Å². The molecule has 0 spiro atoms. The molecule has 0 bridgehead atoms. The van der Waals surface area contributed by atoms with Gasteiger partial charge in [0.25, 0.3) is 0 Å². The van der Waals surface area contributed by atoms with Crippen molar-refractivity contribution in [2.24, 2.45) is 0 Å². The summed E-state index contributed by atoms with van der Waals surface area (Å²) in [4.78, 5) is 12.3. The van der Waals surface area contributed by atoms with Gasteiger partial charge in [-0.05, 0) is 52.2 Å². The smallest absolute Gasteiger partial charge is 0.224 e. The molecule has 128 valence electrons. The number of benzene rings is 2. The van der Waals surface area contributed by atoms with Crippen LogP contribution in [0.4, 0.5) is 5.69 Å². The third-order valence-electron chi connectivity index (χ3n) is 3.70. The summed E-state index contributed by atoms with van der Waals surface area (Å²) in [5, 5.41) is 10.7. The molecule has 25 heavy (non-hydrogen) atoms. The van der Waals surface area contributed by atoms with Crippen LogP contribution in [0.1, 0.15) is 12.0 Å². The Kier molecular flexibility index (Phi) is 5.45. The Balaban J connectivity index is 1.65. The predicted octanol–water partition coefficient (Wildman–Crippen LogP) is 3.61. The van der Waals surface area contributed by atoms with Gasteiger partial charge in [0, 0.05) is 6.42 Å². The SMILES string of the molecule is COc1ccc(CCC(=O)Nc2ccccc2-n2ccnn2)cc1Br. The van der Waals surface area contributed by atoms with E-state index in [0.29, 0.717) is 18.5 Å². The maximum atomic E-state index is 12.3. The van der Waals surface area contributed by atoms with Crippen molar-refractivity contribution in [2.75, 3.05) is 12.4 Å². The number of aromatic nitrogens is 3. The third kappa shape index (κ3) is 4.24. The van der Waals surface area contributed by atoms with Gasteiger partial charge in [0.2, 0.25) is 5.91 Å². The summed E-state index contributed by atoms with van der Waals surface area (Å²) in [6.07, 6.45) is 4.35. The van der Waals surface area contributed by atoms with Gasteiger partial charge in [-0.3, -0.25) is 4.79 Å². The first-order chi connectivity index (χ1) is 12.2. The zero-order chi connectivity index (χ0) is 17.6. The monoisotopic (exact) mass is 400 g/mol. The van der Waals surface area contributed by atoms with Crippen molar-refractivity contribution in [1.82, 2.24) is 15.0 Å². The Labute approximate surface area is 153 Å². The first-order valence-electron chi connectivity index (χ1n) is 7.75. The summed E-state index contributed by atoms with van der Waals surface area (Å²) < 4.78 is 7.71. The number of para-hydroxylation sites is 2. The minimum absolute atomic E-state index is 0.0560. The largest absolute Gasteiger partial charge is 0.496 e. The fraction of sp³-hybridized carbons (Fsp3) is 0.167. The molecular formula is C18H17BrN4O2. The highest BCUT2D eigenvalue weighted by molar-refractivity contribution is 9.10. The molecule has 7 heteroatoms. The van der Waals surface area contributed by atoms with Crippen LogP contribution in [0.5, 0.6) is 5.75 Å². The lowest BCUT2D eigenvalue weighted by atomic mass is 10.1. The molecule has 0 atom stereocenters. The molecule has 3 aromatic rings. The summed E-state index contributed by atoms with van der Waals surface area (Å²) in [6, 6.07) is 13.3. The standard InChI is InChI=1S/C18H17BrN4O2/c1-25-17-8-6-13(12-14(17)19)7-9-18(24)21-15-4-2-3-5-16(15)23-11-10-20-22-23/h2-6,8,10-12H,7,9H2,1H3,(H,21,24). The molecule has 0 aliphatic carbocycles. The molecule has 0 aliphatic rings. The first-order valence-corrected chi connectivity index (χ1v) is 8.54. The summed E-state index contributed by atoms with van der Waals surface area (Å²) in [5.74, 6) is 0.717. The Morgan fingerprint density at radius 3 is 2.84 bits per heavy atom. The van der Waals surface area contributed by atoms with E-state index >= 15 is 0 Å². The number of ether oxygens (including phenoxy) is 1. The van der Waals surface area contributed by atoms with Gasteiger partial charge in [-0.15, -0.1) is 5.10 Å². The lowest BCUT2D eigenvalue weighted by molar-refractivity contribution is -0.116. The lowest BCUT2D eigenvalue weighted by Gasteiger charge is -2.11. The Hall–Kier alpha value is -2.67. The fourth-order valence-corrected chi connectivity index (χ4v) is 3.04. The quantitative estimate of drug-likeness (QED) is 0.685. The highest BCUT2D eigenvalue weighted by Gasteiger charge is 2.09. The zero-order valence-electron chi connectivity index (χ0n) is 13.6. The minimum Gasteiger partial charge on any atom is -0.496 e. The van der Waals surface area contributed by atoms with Crippen LogP contribution in [0.2, 0.25) is 0 Å². The Bertz CT molecular complexity index is 865. The van der Waals surface area contributed by atoms with Crippen LogP contribution in [0.25, 0.3) is 5.69 Å². The van der Waals surface area contributed by atoms with Gasteiger partial charge in [0.15, 0.2) is 0 Å². The number of hydrogen-bond acceptors (Lipinski definition) is 4. The number of methoxy groups -OCH3 is 1. The van der Waals surface area contributed by atoms with Crippen molar-refractivity contribution < 1.29 is 9.53 Å². The molecule has 1 heterocycles. The van der Waals surface area contributed by atoms with Crippen molar-refractivity contribution in [1.29, 1.82) is 0 Å². The average molecular weight is 401 g/mol. The maximum absolute atomic E-state index is 12.3. The topological polar surface area (TPSA) is 69.0 Å². The van der Waals surface area contributed by atoms with Gasteiger partial charge in [-0.2, -0.15) is 0 Å². The minimum atomic E-state index is -0.0560. The zero-order valence-corrected chi connectivity index (χ0v) is 15.2. The first kappa shape index (κ1) is 17.2. The van der Waals surface area contributed by atoms with Crippen molar-refractivity contribution in [3.8, 4) is 11.4 Å². The molecule has 1 aromatic heterocycles. The van der Waals surface area contributed by atoms with Crippen LogP contribution in [-0.2, 0) is 11.2 Å². The van der Waals surface area contributed by atoms with E-state index in [2.05, 4.69) is 31.6 Å². The number of nitrogens with zero attached hydrogens (tertiary/aromatic N) is 3. The number of carbonyl (C=O) groups is 1. The van der Waals surface area contributed by atoms with Gasteiger partial charge in [0.1, 0.15) is 5.75 Å². The molecule has 0 unspecified atom stereocenters. The van der Waals surface area contributed by atoms with Crippen LogP contribution in [-0.4, -0.2) is 28.0 Å². The molecule has 0 saturated carbocycles. The summed E-state index contributed by atoms with van der Waals surface area (Å²) >= 11 is 3.46. The number of carbonyl (C=O) groups excluding carboxylic acids is 1. The van der Waals surface area contributed by atoms with Gasteiger partial charge < -0.3 is 10.1 Å². The number of hydrogen-bond donors (Lipinski definition) is 1. The molecule has 6 nitrogen and oxygen atoms in total. The molecule has 1 N–H and O–H groups in total. The van der Waals surface area contributed by atoms with Crippen LogP contribution >= 0.6 is 15.9 Å². The highest BCUT2D eigenvalue weighted by atomic mass is 79.9. The van der Waals surface area contributed by atoms with E-state index in [4.69, 9.17) is 4.74 Å². The molecule has 0 saturated heterocycles. The van der Waals surface area contributed by atoms with Crippen molar-refractivity contribution >= 4 is 27.5 Å². The van der Waals surface area contributed by atoms with E-state index in [1.807, 2.05) is 42.5 Å². The molecule has 0 aliphatic heterocycles. The molecule has 1 amide bonds. The van der Waals surface area contributed by atoms with Gasteiger partial charge >= 0.3 is 0 Å². The molecule has 0 radical (unpaired) electrons. The van der Waals surface area contributed by atoms with Gasteiger partial charge in [-0.25, -0.2) is 4.68 Å². The van der Waals surface area contributed by atoms with Crippen LogP contribution in [0.3, 0.4) is 0 Å². The van der Waals surface area contributed by atoms with Gasteiger partial charge in [0.05, 0.1) is 35.4 Å². The van der Waals surface area contributed by atoms with E-state index in [0.717, 1.165) is 21.5 Å². The molecule has 2 aromatic carbocycles. The normalized spacial score (nSPS) is 10.5. The maximum Gasteiger partial charge on any atom is 0.224 e. The number of rotatable bonds is 6. The number of aryl methyl sites for hydroxylation is 1. The third-order valence-corrected chi connectivity index (χ3v) is 4.32. The van der Waals surface area contributed by atoms with Crippen LogP contribution in [0, 0.1) is 0 Å². The summed E-state index contributed by atoms with van der Waals surface area (Å²) in [6.45, 7) is 0. The lowest BCUT2D eigenvalue weighted by Crippen LogP contribution is -2.14. The van der Waals surface area contributed by atoms with Crippen molar-refractivity contribution in [3.63, 3.8) is 0 Å². The van der Waals surface area contributed by atoms with Crippen LogP contribution in [0.15, 0.2) is 59.3 Å². The summed E-state index contributed by atoms with van der Waals surface area (Å²) in [7, 11) is 1.62. The summed E-state index contributed by atoms with van der Waals surface area (Å²) in [5.41, 5.74) is 2.54. The van der Waals surface area contributed by atoms with E-state index in [-0.39, 0.29) is 5.91 Å². The van der Waals surface area contributed by atoms with E-state index in [1.54, 1.807) is 24.2 Å². The van der Waals surface area contributed by atoms with Crippen molar-refractivity contribution in [2.45, 2.75) is 12.8 Å². The van der Waals surface area contributed by atoms with Gasteiger partial charge in [-0.1, -0.05) is 23.4 Å². The average Bonchev–Trinajstić information content (AvgIpc) is 3.15. The Morgan fingerprint density at radius 2 is 2.12 bits per heavy atom. The Morgan fingerprint density at radius 1 is 1.28 bits per heavy atom. The number of amides is 1. The van der Waals surface area contributed by atoms with E-state index in [9.17, 15) is 4.79 Å². The molecule has 0 fully saturated rings. The highest BCUT2D eigenvalue weighted by Crippen LogP contribution is 2.26. The number of nitrogens with one attached hydrogen (secondary N) is 1. The fourth-order valence-electron chi connectivity index (χ4n) is 2.45. The van der Waals surface area contributed by atoms with E-state index in [1.165, 1.54) is 0 Å². The molecular weight excluding hydrogens is 384 g/mol.